The highest BCUT2D eigenvalue weighted by Gasteiger charge is 2.07. The first-order chi connectivity index (χ1) is 10.1. The molecule has 0 saturated heterocycles. The Morgan fingerprint density at radius 1 is 1.33 bits per heavy atom. The van der Waals surface area contributed by atoms with E-state index in [0.29, 0.717) is 23.7 Å². The fourth-order valence-electron chi connectivity index (χ4n) is 1.95. The molecule has 0 radical (unpaired) electrons. The Morgan fingerprint density at radius 2 is 2.14 bits per heavy atom. The van der Waals surface area contributed by atoms with E-state index in [2.05, 4.69) is 16.9 Å². The third-order valence-corrected chi connectivity index (χ3v) is 2.96. The Hall–Kier alpha value is -2.45. The Balaban J connectivity index is 2.20. The number of aromatic nitrogens is 2. The largest absolute Gasteiger partial charge is 0.497 e. The molecule has 5 heteroatoms. The molecule has 0 aliphatic carbocycles. The predicted octanol–water partition coefficient (Wildman–Crippen LogP) is 1.66. The minimum absolute atomic E-state index is 0.197. The van der Waals surface area contributed by atoms with Gasteiger partial charge in [-0.1, -0.05) is 11.8 Å². The minimum atomic E-state index is -0.197. The molecule has 0 aliphatic heterocycles. The molecule has 110 valence electrons. The summed E-state index contributed by atoms with van der Waals surface area (Å²) < 4.78 is 12.8. The average Bonchev–Trinajstić information content (AvgIpc) is 2.81. The number of methoxy groups -OCH3 is 1. The van der Waals surface area contributed by atoms with Crippen molar-refractivity contribution in [3.63, 3.8) is 0 Å². The molecule has 0 atom stereocenters. The second-order valence-corrected chi connectivity index (χ2v) is 4.51. The van der Waals surface area contributed by atoms with Gasteiger partial charge in [0.1, 0.15) is 24.7 Å². The van der Waals surface area contributed by atoms with Crippen LogP contribution in [-0.4, -0.2) is 28.6 Å². The number of aryl methyl sites for hydroxylation is 2. The quantitative estimate of drug-likeness (QED) is 0.869. The lowest BCUT2D eigenvalue weighted by Crippen LogP contribution is -2.04. The van der Waals surface area contributed by atoms with Crippen LogP contribution in [0.4, 0.5) is 0 Å². The molecule has 1 aromatic carbocycles. The third-order valence-electron chi connectivity index (χ3n) is 2.96. The predicted molar refractivity (Wildman–Crippen MR) is 79.2 cm³/mol. The van der Waals surface area contributed by atoms with Crippen molar-refractivity contribution < 1.29 is 14.6 Å². The van der Waals surface area contributed by atoms with Crippen molar-refractivity contribution in [3.8, 4) is 23.3 Å². The SMILES string of the molecule is COc1ccc(OCc2cc(C)nn2C)c(C#CCO)c1. The number of aliphatic hydroxyl groups is 1. The Labute approximate surface area is 124 Å². The molecule has 0 spiro atoms. The van der Waals surface area contributed by atoms with Crippen molar-refractivity contribution in [1.29, 1.82) is 0 Å². The number of hydrogen-bond donors (Lipinski definition) is 1. The van der Waals surface area contributed by atoms with Crippen LogP contribution in [0.5, 0.6) is 11.5 Å². The van der Waals surface area contributed by atoms with Crippen LogP contribution in [0.3, 0.4) is 0 Å². The van der Waals surface area contributed by atoms with Gasteiger partial charge in [-0.05, 0) is 31.2 Å². The summed E-state index contributed by atoms with van der Waals surface area (Å²) in [4.78, 5) is 0. The first-order valence-corrected chi connectivity index (χ1v) is 6.54. The van der Waals surface area contributed by atoms with Gasteiger partial charge in [-0.15, -0.1) is 0 Å². The van der Waals surface area contributed by atoms with Crippen molar-refractivity contribution in [1.82, 2.24) is 9.78 Å². The third kappa shape index (κ3) is 3.77. The molecule has 0 amide bonds. The van der Waals surface area contributed by atoms with Crippen molar-refractivity contribution in [3.05, 3.63) is 41.2 Å². The fourth-order valence-corrected chi connectivity index (χ4v) is 1.95. The number of rotatable bonds is 4. The summed E-state index contributed by atoms with van der Waals surface area (Å²) in [6.45, 7) is 2.14. The van der Waals surface area contributed by atoms with Crippen LogP contribution < -0.4 is 9.47 Å². The zero-order chi connectivity index (χ0) is 15.2. The van der Waals surface area contributed by atoms with Crippen LogP contribution in [0.1, 0.15) is 17.0 Å². The lowest BCUT2D eigenvalue weighted by atomic mass is 10.2. The summed E-state index contributed by atoms with van der Waals surface area (Å²) in [5.74, 6) is 6.83. The first-order valence-electron chi connectivity index (χ1n) is 6.54. The Bertz CT molecular complexity index is 681. The summed E-state index contributed by atoms with van der Waals surface area (Å²) >= 11 is 0. The monoisotopic (exact) mass is 286 g/mol. The van der Waals surface area contributed by atoms with E-state index in [9.17, 15) is 0 Å². The van der Waals surface area contributed by atoms with E-state index >= 15 is 0 Å². The molecular formula is C16H18N2O3. The first kappa shape index (κ1) is 14.9. The highest BCUT2D eigenvalue weighted by Crippen LogP contribution is 2.24. The standard InChI is InChI=1S/C16H18N2O3/c1-12-9-14(18(2)17-12)11-21-16-7-6-15(20-3)10-13(16)5-4-8-19/h6-7,9-10,19H,8,11H2,1-3H3. The van der Waals surface area contributed by atoms with Crippen LogP contribution in [-0.2, 0) is 13.7 Å². The van der Waals surface area contributed by atoms with Crippen molar-refractivity contribution in [2.45, 2.75) is 13.5 Å². The number of aliphatic hydroxyl groups excluding tert-OH is 1. The van der Waals surface area contributed by atoms with Crippen LogP contribution in [0.25, 0.3) is 0 Å². The zero-order valence-electron chi connectivity index (χ0n) is 12.4. The molecule has 0 bridgehead atoms. The normalized spacial score (nSPS) is 9.90. The smallest absolute Gasteiger partial charge is 0.135 e. The molecule has 5 nitrogen and oxygen atoms in total. The van der Waals surface area contributed by atoms with Gasteiger partial charge in [0.05, 0.1) is 24.1 Å². The van der Waals surface area contributed by atoms with E-state index < -0.39 is 0 Å². The Morgan fingerprint density at radius 3 is 2.76 bits per heavy atom. The lowest BCUT2D eigenvalue weighted by Gasteiger charge is -2.10. The van der Waals surface area contributed by atoms with Gasteiger partial charge in [-0.2, -0.15) is 5.10 Å². The number of benzene rings is 1. The van der Waals surface area contributed by atoms with E-state index in [4.69, 9.17) is 14.6 Å². The fraction of sp³-hybridized carbons (Fsp3) is 0.312. The summed E-state index contributed by atoms with van der Waals surface area (Å²) in [6.07, 6.45) is 0. The summed E-state index contributed by atoms with van der Waals surface area (Å²) in [6, 6.07) is 7.38. The molecule has 0 saturated carbocycles. The van der Waals surface area contributed by atoms with Crippen LogP contribution in [0.15, 0.2) is 24.3 Å². The maximum absolute atomic E-state index is 8.83. The second-order valence-electron chi connectivity index (χ2n) is 4.51. The van der Waals surface area contributed by atoms with Crippen LogP contribution >= 0.6 is 0 Å². The molecule has 21 heavy (non-hydrogen) atoms. The van der Waals surface area contributed by atoms with Gasteiger partial charge in [0, 0.05) is 7.05 Å². The molecule has 2 aromatic rings. The van der Waals surface area contributed by atoms with Gasteiger partial charge in [0.2, 0.25) is 0 Å². The molecule has 2 rings (SSSR count). The summed E-state index contributed by atoms with van der Waals surface area (Å²) in [5.41, 5.74) is 2.61. The van der Waals surface area contributed by atoms with Crippen LogP contribution in [0.2, 0.25) is 0 Å². The molecule has 1 N–H and O–H groups in total. The van der Waals surface area contributed by atoms with Gasteiger partial charge in [0.25, 0.3) is 0 Å². The summed E-state index contributed by atoms with van der Waals surface area (Å²) in [7, 11) is 3.48. The topological polar surface area (TPSA) is 56.5 Å². The van der Waals surface area contributed by atoms with E-state index in [0.717, 1.165) is 11.4 Å². The van der Waals surface area contributed by atoms with Gasteiger partial charge < -0.3 is 14.6 Å². The average molecular weight is 286 g/mol. The number of ether oxygens (including phenoxy) is 2. The van der Waals surface area contributed by atoms with E-state index in [1.807, 2.05) is 32.2 Å². The molecular weight excluding hydrogens is 268 g/mol. The number of nitrogens with zero attached hydrogens (tertiary/aromatic N) is 2. The molecule has 0 fully saturated rings. The Kier molecular flexibility index (Phi) is 4.85. The van der Waals surface area contributed by atoms with Crippen molar-refractivity contribution >= 4 is 0 Å². The highest BCUT2D eigenvalue weighted by atomic mass is 16.5. The van der Waals surface area contributed by atoms with E-state index in [1.165, 1.54) is 0 Å². The van der Waals surface area contributed by atoms with Gasteiger partial charge in [0.15, 0.2) is 0 Å². The van der Waals surface area contributed by atoms with Gasteiger partial charge >= 0.3 is 0 Å². The lowest BCUT2D eigenvalue weighted by molar-refractivity contribution is 0.293. The second kappa shape index (κ2) is 6.82. The zero-order valence-corrected chi connectivity index (χ0v) is 12.4. The number of hydrogen-bond acceptors (Lipinski definition) is 4. The van der Waals surface area contributed by atoms with E-state index in [-0.39, 0.29) is 6.61 Å². The van der Waals surface area contributed by atoms with Crippen molar-refractivity contribution in [2.75, 3.05) is 13.7 Å². The van der Waals surface area contributed by atoms with Gasteiger partial charge in [-0.25, -0.2) is 0 Å². The van der Waals surface area contributed by atoms with Crippen molar-refractivity contribution in [2.24, 2.45) is 7.05 Å². The van der Waals surface area contributed by atoms with Crippen LogP contribution in [0, 0.1) is 18.8 Å². The maximum atomic E-state index is 8.83. The summed E-state index contributed by atoms with van der Waals surface area (Å²) in [5, 5.41) is 13.1. The van der Waals surface area contributed by atoms with Gasteiger partial charge in [-0.3, -0.25) is 4.68 Å². The molecule has 0 unspecified atom stereocenters. The minimum Gasteiger partial charge on any atom is -0.497 e. The van der Waals surface area contributed by atoms with E-state index in [1.54, 1.807) is 17.9 Å². The highest BCUT2D eigenvalue weighted by molar-refractivity contribution is 5.50. The molecule has 0 aliphatic rings. The molecule has 1 aromatic heterocycles. The maximum Gasteiger partial charge on any atom is 0.135 e. The molecule has 1 heterocycles.